The zero-order valence-corrected chi connectivity index (χ0v) is 18.0. The van der Waals surface area contributed by atoms with Crippen molar-refractivity contribution in [3.05, 3.63) is 57.2 Å². The van der Waals surface area contributed by atoms with Gasteiger partial charge in [0.1, 0.15) is 10.6 Å². The summed E-state index contributed by atoms with van der Waals surface area (Å²) in [5.41, 5.74) is 2.99. The summed E-state index contributed by atoms with van der Waals surface area (Å²) in [6, 6.07) is 7.58. The van der Waals surface area contributed by atoms with Crippen molar-refractivity contribution in [2.45, 2.75) is 25.0 Å². The highest BCUT2D eigenvalue weighted by Crippen LogP contribution is 2.34. The fourth-order valence-electron chi connectivity index (χ4n) is 3.41. The average molecular weight is 414 g/mol. The Morgan fingerprint density at radius 2 is 2.25 bits per heavy atom. The fourth-order valence-corrected chi connectivity index (χ4v) is 5.61. The number of thioether (sulfide) groups is 1. The molecule has 0 fully saturated rings. The Morgan fingerprint density at radius 1 is 1.43 bits per heavy atom. The number of fused-ring (bicyclic) bond motifs is 3. The first-order valence-electron chi connectivity index (χ1n) is 9.15. The summed E-state index contributed by atoms with van der Waals surface area (Å²) >= 11 is 3.20. The summed E-state index contributed by atoms with van der Waals surface area (Å²) in [5, 5.41) is 1.47. The third-order valence-electron chi connectivity index (χ3n) is 4.79. The molecule has 1 aromatic carbocycles. The van der Waals surface area contributed by atoms with E-state index in [-0.39, 0.29) is 5.56 Å². The van der Waals surface area contributed by atoms with Gasteiger partial charge in [0.2, 0.25) is 0 Å². The molecule has 146 valence electrons. The maximum atomic E-state index is 13.6. The molecule has 28 heavy (non-hydrogen) atoms. The van der Waals surface area contributed by atoms with Crippen molar-refractivity contribution in [1.82, 2.24) is 14.5 Å². The predicted octanol–water partition coefficient (Wildman–Crippen LogP) is 4.11. The Labute approximate surface area is 172 Å². The summed E-state index contributed by atoms with van der Waals surface area (Å²) in [6.07, 6.45) is 0.888. The van der Waals surface area contributed by atoms with E-state index < -0.39 is 0 Å². The van der Waals surface area contributed by atoms with Crippen LogP contribution in [-0.2, 0) is 13.0 Å². The van der Waals surface area contributed by atoms with Gasteiger partial charge < -0.3 is 9.64 Å². The summed E-state index contributed by atoms with van der Waals surface area (Å²) < 4.78 is 7.09. The molecule has 0 bridgehead atoms. The highest BCUT2D eigenvalue weighted by Gasteiger charge is 2.24. The first kappa shape index (κ1) is 19.2. The lowest BCUT2D eigenvalue weighted by Crippen LogP contribution is -2.27. The third-order valence-corrected chi connectivity index (χ3v) is 7.07. The van der Waals surface area contributed by atoms with Gasteiger partial charge in [-0.1, -0.05) is 30.0 Å². The number of aromatic nitrogens is 2. The minimum Gasteiger partial charge on any atom is -0.497 e. The lowest BCUT2D eigenvalue weighted by molar-refractivity contribution is 0.318. The Bertz CT molecular complexity index is 1120. The molecule has 3 heterocycles. The molecule has 3 aromatic rings. The normalized spacial score (nSPS) is 14.2. The molecule has 0 radical (unpaired) electrons. The molecule has 5 nitrogen and oxygen atoms in total. The summed E-state index contributed by atoms with van der Waals surface area (Å²) in [5.74, 6) is 1.43. The van der Waals surface area contributed by atoms with E-state index >= 15 is 0 Å². The van der Waals surface area contributed by atoms with Crippen LogP contribution < -0.4 is 10.3 Å². The molecule has 0 saturated carbocycles. The van der Waals surface area contributed by atoms with Crippen LogP contribution in [-0.4, -0.2) is 40.9 Å². The van der Waals surface area contributed by atoms with Crippen LogP contribution in [0.2, 0.25) is 0 Å². The molecule has 0 aliphatic carbocycles. The molecule has 1 aliphatic heterocycles. The average Bonchev–Trinajstić information content (AvgIpc) is 3.03. The number of hydrogen-bond donors (Lipinski definition) is 0. The molecule has 0 amide bonds. The maximum absolute atomic E-state index is 13.6. The summed E-state index contributed by atoms with van der Waals surface area (Å²) in [7, 11) is 3.75. The van der Waals surface area contributed by atoms with Gasteiger partial charge >= 0.3 is 0 Å². The molecule has 0 unspecified atom stereocenters. The smallest absolute Gasteiger partial charge is 0.267 e. The van der Waals surface area contributed by atoms with E-state index in [1.807, 2.05) is 31.2 Å². The van der Waals surface area contributed by atoms with Gasteiger partial charge in [0.25, 0.3) is 5.56 Å². The molecule has 0 saturated heterocycles. The summed E-state index contributed by atoms with van der Waals surface area (Å²) in [6.45, 7) is 7.81. The van der Waals surface area contributed by atoms with E-state index in [4.69, 9.17) is 9.72 Å². The topological polar surface area (TPSA) is 47.4 Å². The van der Waals surface area contributed by atoms with Crippen LogP contribution in [0.4, 0.5) is 0 Å². The minimum absolute atomic E-state index is 0.00419. The Balaban J connectivity index is 1.96. The largest absolute Gasteiger partial charge is 0.497 e. The Kier molecular flexibility index (Phi) is 5.31. The van der Waals surface area contributed by atoms with Crippen molar-refractivity contribution >= 4 is 33.3 Å². The predicted molar refractivity (Wildman–Crippen MR) is 117 cm³/mol. The lowest BCUT2D eigenvalue weighted by Gasteiger charge is -2.21. The van der Waals surface area contributed by atoms with Crippen molar-refractivity contribution in [1.29, 1.82) is 0 Å². The molecule has 7 heteroatoms. The van der Waals surface area contributed by atoms with Gasteiger partial charge in [0.15, 0.2) is 5.16 Å². The Morgan fingerprint density at radius 3 is 3.00 bits per heavy atom. The number of nitrogens with zero attached hydrogens (tertiary/aromatic N) is 3. The molecule has 0 atom stereocenters. The SMILES string of the molecule is C=C(C)CSc1nc2sc3c(c2c(=O)n1-c1cccc(OC)c1)CCN(C)C3. The van der Waals surface area contributed by atoms with E-state index in [1.165, 1.54) is 10.4 Å². The van der Waals surface area contributed by atoms with Crippen molar-refractivity contribution in [2.75, 3.05) is 26.5 Å². The van der Waals surface area contributed by atoms with Gasteiger partial charge in [0, 0.05) is 29.8 Å². The van der Waals surface area contributed by atoms with Crippen molar-refractivity contribution in [3.63, 3.8) is 0 Å². The number of benzene rings is 1. The number of methoxy groups -OCH3 is 1. The standard InChI is InChI=1S/C21H23N3O2S2/c1-13(2)12-27-21-22-19-18(16-8-9-23(3)11-17(16)28-19)20(25)24(21)14-6-5-7-15(10-14)26-4/h5-7,10H,1,8-9,11-12H2,2-4H3. The zero-order chi connectivity index (χ0) is 19.8. The first-order valence-corrected chi connectivity index (χ1v) is 11.0. The summed E-state index contributed by atoms with van der Waals surface area (Å²) in [4.78, 5) is 22.9. The number of hydrogen-bond acceptors (Lipinski definition) is 6. The van der Waals surface area contributed by atoms with Crippen LogP contribution in [0, 0.1) is 0 Å². The molecule has 4 rings (SSSR count). The second-order valence-corrected chi connectivity index (χ2v) is 9.18. The van der Waals surface area contributed by atoms with Gasteiger partial charge in [-0.05, 0) is 38.1 Å². The third kappa shape index (κ3) is 3.50. The zero-order valence-electron chi connectivity index (χ0n) is 16.3. The van der Waals surface area contributed by atoms with Crippen LogP contribution >= 0.6 is 23.1 Å². The van der Waals surface area contributed by atoms with Crippen LogP contribution in [0.15, 0.2) is 46.4 Å². The van der Waals surface area contributed by atoms with Crippen LogP contribution in [0.25, 0.3) is 15.9 Å². The minimum atomic E-state index is 0.00419. The maximum Gasteiger partial charge on any atom is 0.267 e. The van der Waals surface area contributed by atoms with Crippen LogP contribution in [0.3, 0.4) is 0 Å². The van der Waals surface area contributed by atoms with E-state index in [2.05, 4.69) is 18.5 Å². The van der Waals surface area contributed by atoms with Crippen LogP contribution in [0.1, 0.15) is 17.4 Å². The van der Waals surface area contributed by atoms with Crippen molar-refractivity contribution in [2.24, 2.45) is 0 Å². The molecule has 2 aromatic heterocycles. The quantitative estimate of drug-likeness (QED) is 0.358. The van der Waals surface area contributed by atoms with E-state index in [1.54, 1.807) is 34.8 Å². The second-order valence-electron chi connectivity index (χ2n) is 7.15. The van der Waals surface area contributed by atoms with Gasteiger partial charge in [-0.3, -0.25) is 9.36 Å². The molecular formula is C21H23N3O2S2. The van der Waals surface area contributed by atoms with E-state index in [9.17, 15) is 4.79 Å². The van der Waals surface area contributed by atoms with Crippen molar-refractivity contribution in [3.8, 4) is 11.4 Å². The molecular weight excluding hydrogens is 390 g/mol. The highest BCUT2D eigenvalue weighted by molar-refractivity contribution is 7.99. The second kappa shape index (κ2) is 7.73. The van der Waals surface area contributed by atoms with E-state index in [0.717, 1.165) is 46.7 Å². The van der Waals surface area contributed by atoms with Gasteiger partial charge in [-0.15, -0.1) is 11.3 Å². The monoisotopic (exact) mass is 413 g/mol. The highest BCUT2D eigenvalue weighted by atomic mass is 32.2. The van der Waals surface area contributed by atoms with Crippen LogP contribution in [0.5, 0.6) is 5.75 Å². The van der Waals surface area contributed by atoms with Gasteiger partial charge in [-0.2, -0.15) is 0 Å². The van der Waals surface area contributed by atoms with E-state index in [0.29, 0.717) is 10.9 Å². The van der Waals surface area contributed by atoms with Crippen molar-refractivity contribution < 1.29 is 4.74 Å². The van der Waals surface area contributed by atoms with Gasteiger partial charge in [-0.25, -0.2) is 4.98 Å². The first-order chi connectivity index (χ1) is 13.5. The molecule has 1 aliphatic rings. The Hall–Kier alpha value is -2.09. The lowest BCUT2D eigenvalue weighted by atomic mass is 10.1. The van der Waals surface area contributed by atoms with Gasteiger partial charge in [0.05, 0.1) is 18.2 Å². The number of ether oxygens (including phenoxy) is 1. The number of thiophene rings is 1. The fraction of sp³-hybridized carbons (Fsp3) is 0.333. The number of rotatable bonds is 5. The molecule has 0 N–H and O–H groups in total. The molecule has 0 spiro atoms. The number of likely N-dealkylation sites (N-methyl/N-ethyl adjacent to an activating group) is 1.